The zero-order chi connectivity index (χ0) is 14.4. The second kappa shape index (κ2) is 7.63. The summed E-state index contributed by atoms with van der Waals surface area (Å²) in [5, 5.41) is 9.52. The van der Waals surface area contributed by atoms with Gasteiger partial charge in [0.1, 0.15) is 0 Å². The van der Waals surface area contributed by atoms with Gasteiger partial charge in [-0.3, -0.25) is 9.69 Å². The van der Waals surface area contributed by atoms with Crippen LogP contribution in [0.5, 0.6) is 0 Å². The molecule has 1 aromatic rings. The van der Waals surface area contributed by atoms with Crippen LogP contribution in [0.3, 0.4) is 0 Å². The third kappa shape index (κ3) is 4.60. The number of aliphatic hydroxyl groups is 1. The Balaban J connectivity index is 2.84. The van der Waals surface area contributed by atoms with Crippen molar-refractivity contribution < 1.29 is 9.90 Å². The second-order valence-electron chi connectivity index (χ2n) is 4.96. The number of hydrogen-bond acceptors (Lipinski definition) is 3. The Morgan fingerprint density at radius 2 is 2.05 bits per heavy atom. The molecule has 0 spiro atoms. The van der Waals surface area contributed by atoms with E-state index in [1.807, 2.05) is 6.92 Å². The average molecular weight is 284 g/mol. The van der Waals surface area contributed by atoms with E-state index in [9.17, 15) is 4.79 Å². The van der Waals surface area contributed by atoms with Crippen molar-refractivity contribution in [3.63, 3.8) is 0 Å². The highest BCUT2D eigenvalue weighted by Crippen LogP contribution is 2.16. The van der Waals surface area contributed by atoms with Crippen molar-refractivity contribution in [2.24, 2.45) is 0 Å². The number of nitrogens with zero attached hydrogens (tertiary/aromatic N) is 1. The van der Waals surface area contributed by atoms with Crippen molar-refractivity contribution in [1.29, 1.82) is 0 Å². The van der Waals surface area contributed by atoms with E-state index in [1.165, 1.54) is 0 Å². The molecule has 1 atom stereocenters. The number of ketones is 1. The Morgan fingerprint density at radius 1 is 1.37 bits per heavy atom. The monoisotopic (exact) mass is 283 g/mol. The lowest BCUT2D eigenvalue weighted by atomic mass is 10.0. The standard InChI is InChI=1S/C15H22ClNO2/c1-11(2)17(8-5-9-18)12(3)15(19)13-6-4-7-14(16)10-13/h4,6-7,10-12,18H,5,8-9H2,1-3H3. The number of rotatable bonds is 7. The molecule has 1 unspecified atom stereocenters. The smallest absolute Gasteiger partial charge is 0.179 e. The molecule has 0 radical (unpaired) electrons. The highest BCUT2D eigenvalue weighted by atomic mass is 35.5. The maximum atomic E-state index is 12.4. The molecule has 0 heterocycles. The van der Waals surface area contributed by atoms with E-state index in [2.05, 4.69) is 18.7 Å². The molecule has 19 heavy (non-hydrogen) atoms. The van der Waals surface area contributed by atoms with E-state index >= 15 is 0 Å². The maximum absolute atomic E-state index is 12.4. The van der Waals surface area contributed by atoms with Crippen LogP contribution in [0.2, 0.25) is 5.02 Å². The summed E-state index contributed by atoms with van der Waals surface area (Å²) in [4.78, 5) is 14.5. The molecule has 0 aliphatic heterocycles. The van der Waals surface area contributed by atoms with E-state index in [4.69, 9.17) is 16.7 Å². The predicted molar refractivity (Wildman–Crippen MR) is 78.8 cm³/mol. The first-order chi connectivity index (χ1) is 8.97. The van der Waals surface area contributed by atoms with E-state index in [0.717, 1.165) is 0 Å². The zero-order valence-corrected chi connectivity index (χ0v) is 12.5. The van der Waals surface area contributed by atoms with Crippen molar-refractivity contribution >= 4 is 17.4 Å². The average Bonchev–Trinajstić information content (AvgIpc) is 2.37. The molecule has 3 nitrogen and oxygen atoms in total. The van der Waals surface area contributed by atoms with Gasteiger partial charge in [0.2, 0.25) is 0 Å². The fourth-order valence-corrected chi connectivity index (χ4v) is 2.38. The maximum Gasteiger partial charge on any atom is 0.179 e. The van der Waals surface area contributed by atoms with Gasteiger partial charge in [-0.2, -0.15) is 0 Å². The van der Waals surface area contributed by atoms with Gasteiger partial charge in [-0.1, -0.05) is 23.7 Å². The summed E-state index contributed by atoms with van der Waals surface area (Å²) in [7, 11) is 0. The summed E-state index contributed by atoms with van der Waals surface area (Å²) in [5.41, 5.74) is 0.634. The van der Waals surface area contributed by atoms with Gasteiger partial charge in [0.25, 0.3) is 0 Å². The van der Waals surface area contributed by atoms with Gasteiger partial charge in [-0.15, -0.1) is 0 Å². The number of aliphatic hydroxyl groups excluding tert-OH is 1. The Labute approximate surface area is 120 Å². The van der Waals surface area contributed by atoms with Crippen LogP contribution in [0.25, 0.3) is 0 Å². The highest BCUT2D eigenvalue weighted by Gasteiger charge is 2.24. The van der Waals surface area contributed by atoms with Crippen LogP contribution < -0.4 is 0 Å². The predicted octanol–water partition coefficient (Wildman–Crippen LogP) is 3.00. The van der Waals surface area contributed by atoms with Crippen LogP contribution in [0.15, 0.2) is 24.3 Å². The number of benzene rings is 1. The molecular formula is C15H22ClNO2. The molecule has 0 aliphatic carbocycles. The van der Waals surface area contributed by atoms with Gasteiger partial charge in [-0.05, 0) is 39.3 Å². The van der Waals surface area contributed by atoms with E-state index in [0.29, 0.717) is 23.6 Å². The van der Waals surface area contributed by atoms with Gasteiger partial charge < -0.3 is 5.11 Å². The minimum atomic E-state index is -0.218. The van der Waals surface area contributed by atoms with Crippen molar-refractivity contribution in [3.8, 4) is 0 Å². The fraction of sp³-hybridized carbons (Fsp3) is 0.533. The fourth-order valence-electron chi connectivity index (χ4n) is 2.19. The molecule has 1 N–H and O–H groups in total. The van der Waals surface area contributed by atoms with E-state index < -0.39 is 0 Å². The number of carbonyl (C=O) groups excluding carboxylic acids is 1. The lowest BCUT2D eigenvalue weighted by Gasteiger charge is -2.31. The Morgan fingerprint density at radius 3 is 2.58 bits per heavy atom. The molecule has 0 aromatic heterocycles. The second-order valence-corrected chi connectivity index (χ2v) is 5.40. The van der Waals surface area contributed by atoms with Gasteiger partial charge in [0, 0.05) is 29.8 Å². The van der Waals surface area contributed by atoms with Gasteiger partial charge in [0.05, 0.1) is 6.04 Å². The molecular weight excluding hydrogens is 262 g/mol. The Kier molecular flexibility index (Phi) is 6.49. The number of carbonyl (C=O) groups is 1. The first-order valence-corrected chi connectivity index (χ1v) is 7.01. The zero-order valence-electron chi connectivity index (χ0n) is 11.8. The van der Waals surface area contributed by atoms with Crippen molar-refractivity contribution in [3.05, 3.63) is 34.9 Å². The topological polar surface area (TPSA) is 40.5 Å². The first-order valence-electron chi connectivity index (χ1n) is 6.63. The normalized spacial score (nSPS) is 13.0. The van der Waals surface area contributed by atoms with Crippen molar-refractivity contribution in [2.75, 3.05) is 13.2 Å². The van der Waals surface area contributed by atoms with Crippen LogP contribution in [0.4, 0.5) is 0 Å². The Hall–Kier alpha value is -0.900. The van der Waals surface area contributed by atoms with E-state index in [-0.39, 0.29) is 24.5 Å². The molecule has 0 bridgehead atoms. The largest absolute Gasteiger partial charge is 0.396 e. The molecule has 0 saturated heterocycles. The molecule has 1 aromatic carbocycles. The van der Waals surface area contributed by atoms with Gasteiger partial charge in [0.15, 0.2) is 5.78 Å². The first kappa shape index (κ1) is 16.2. The number of halogens is 1. The molecule has 106 valence electrons. The highest BCUT2D eigenvalue weighted by molar-refractivity contribution is 6.31. The third-order valence-electron chi connectivity index (χ3n) is 3.22. The SMILES string of the molecule is CC(C)N(CCCO)C(C)C(=O)c1cccc(Cl)c1. The summed E-state index contributed by atoms with van der Waals surface area (Å²) in [6.07, 6.45) is 0.672. The van der Waals surface area contributed by atoms with Crippen molar-refractivity contribution in [1.82, 2.24) is 4.90 Å². The van der Waals surface area contributed by atoms with Gasteiger partial charge in [-0.25, -0.2) is 0 Å². The summed E-state index contributed by atoms with van der Waals surface area (Å²) >= 11 is 5.92. The molecule has 0 saturated carbocycles. The quantitative estimate of drug-likeness (QED) is 0.782. The minimum Gasteiger partial charge on any atom is -0.396 e. The van der Waals surface area contributed by atoms with E-state index in [1.54, 1.807) is 24.3 Å². The molecule has 1 rings (SSSR count). The summed E-state index contributed by atoms with van der Waals surface area (Å²) in [6.45, 7) is 6.86. The molecule has 4 heteroatoms. The van der Waals surface area contributed by atoms with Crippen LogP contribution in [0.1, 0.15) is 37.6 Å². The van der Waals surface area contributed by atoms with Crippen LogP contribution >= 0.6 is 11.6 Å². The van der Waals surface area contributed by atoms with Crippen LogP contribution in [0, 0.1) is 0 Å². The lowest BCUT2D eigenvalue weighted by molar-refractivity contribution is 0.0772. The number of hydrogen-bond donors (Lipinski definition) is 1. The molecule has 0 amide bonds. The Bertz CT molecular complexity index is 420. The molecule has 0 fully saturated rings. The van der Waals surface area contributed by atoms with Crippen LogP contribution in [-0.2, 0) is 0 Å². The van der Waals surface area contributed by atoms with Gasteiger partial charge >= 0.3 is 0 Å². The van der Waals surface area contributed by atoms with Crippen molar-refractivity contribution in [2.45, 2.75) is 39.3 Å². The minimum absolute atomic E-state index is 0.0640. The summed E-state index contributed by atoms with van der Waals surface area (Å²) < 4.78 is 0. The molecule has 0 aliphatic rings. The lowest BCUT2D eigenvalue weighted by Crippen LogP contribution is -2.44. The number of Topliss-reactive ketones (excluding diaryl/α,β-unsaturated/α-hetero) is 1. The summed E-state index contributed by atoms with van der Waals surface area (Å²) in [6, 6.07) is 7.07. The summed E-state index contributed by atoms with van der Waals surface area (Å²) in [5.74, 6) is 0.0640. The third-order valence-corrected chi connectivity index (χ3v) is 3.46. The van der Waals surface area contributed by atoms with Crippen LogP contribution in [-0.4, -0.2) is 41.0 Å².